The van der Waals surface area contributed by atoms with Crippen molar-refractivity contribution in [3.05, 3.63) is 44.5 Å². The molecule has 0 spiro atoms. The molecule has 2 heterocycles. The first kappa shape index (κ1) is 16.3. The van der Waals surface area contributed by atoms with E-state index in [1.807, 2.05) is 19.9 Å². The second-order valence-electron chi connectivity index (χ2n) is 5.22. The van der Waals surface area contributed by atoms with Gasteiger partial charge in [0.05, 0.1) is 21.4 Å². The van der Waals surface area contributed by atoms with E-state index >= 15 is 0 Å². The number of halogens is 2. The number of aromatic carboxylic acids is 1. The number of thiazole rings is 1. The first-order chi connectivity index (χ1) is 10.9. The summed E-state index contributed by atoms with van der Waals surface area (Å²) in [6.07, 6.45) is 1.47. The highest BCUT2D eigenvalue weighted by Crippen LogP contribution is 2.36. The van der Waals surface area contributed by atoms with Crippen molar-refractivity contribution >= 4 is 45.5 Å². The molecule has 0 unspecified atom stereocenters. The van der Waals surface area contributed by atoms with E-state index in [1.54, 1.807) is 16.5 Å². The maximum Gasteiger partial charge on any atom is 0.354 e. The molecule has 1 aromatic carbocycles. The molecule has 7 heteroatoms. The Morgan fingerprint density at radius 3 is 2.70 bits per heavy atom. The fourth-order valence-corrected chi connectivity index (χ4v) is 3.98. The van der Waals surface area contributed by atoms with Gasteiger partial charge in [0, 0.05) is 10.4 Å². The lowest BCUT2D eigenvalue weighted by Gasteiger charge is -2.06. The molecule has 0 bridgehead atoms. The lowest BCUT2D eigenvalue weighted by atomic mass is 10.1. The van der Waals surface area contributed by atoms with Gasteiger partial charge in [0.15, 0.2) is 10.7 Å². The normalized spacial score (nSPS) is 11.3. The van der Waals surface area contributed by atoms with Crippen LogP contribution >= 0.6 is 34.5 Å². The number of rotatable bonds is 4. The first-order valence-electron chi connectivity index (χ1n) is 7.13. The average Bonchev–Trinajstić information content (AvgIpc) is 2.96. The second kappa shape index (κ2) is 6.15. The largest absolute Gasteiger partial charge is 0.477 e. The maximum absolute atomic E-state index is 11.8. The van der Waals surface area contributed by atoms with Crippen LogP contribution in [-0.4, -0.2) is 20.5 Å². The summed E-state index contributed by atoms with van der Waals surface area (Å²) in [6, 6.07) is 5.31. The summed E-state index contributed by atoms with van der Waals surface area (Å²) in [5.41, 5.74) is 2.47. The van der Waals surface area contributed by atoms with Crippen LogP contribution in [0.3, 0.4) is 0 Å². The van der Waals surface area contributed by atoms with Gasteiger partial charge in [-0.2, -0.15) is 0 Å². The van der Waals surface area contributed by atoms with Crippen LogP contribution in [0.25, 0.3) is 16.2 Å². The van der Waals surface area contributed by atoms with Gasteiger partial charge in [-0.15, -0.1) is 11.3 Å². The maximum atomic E-state index is 11.8. The van der Waals surface area contributed by atoms with Gasteiger partial charge in [-0.1, -0.05) is 42.6 Å². The zero-order valence-electron chi connectivity index (χ0n) is 12.6. The smallest absolute Gasteiger partial charge is 0.354 e. The Hall–Kier alpha value is -1.56. The molecule has 1 N–H and O–H groups in total. The summed E-state index contributed by atoms with van der Waals surface area (Å²) < 4.78 is 1.72. The lowest BCUT2D eigenvalue weighted by Crippen LogP contribution is -2.06. The summed E-state index contributed by atoms with van der Waals surface area (Å²) in [5, 5.41) is 10.6. The van der Waals surface area contributed by atoms with Crippen LogP contribution in [0.5, 0.6) is 0 Å². The summed E-state index contributed by atoms with van der Waals surface area (Å²) in [4.78, 5) is 18.0. The first-order valence-corrected chi connectivity index (χ1v) is 8.70. The van der Waals surface area contributed by atoms with Gasteiger partial charge in [-0.25, -0.2) is 9.78 Å². The number of benzene rings is 1. The molecule has 4 nitrogen and oxygen atoms in total. The molecule has 3 aromatic rings. The molecule has 2 aromatic heterocycles. The van der Waals surface area contributed by atoms with Crippen LogP contribution in [0, 0.1) is 6.92 Å². The molecular formula is C16H14Cl2N2O2S. The summed E-state index contributed by atoms with van der Waals surface area (Å²) in [6.45, 7) is 3.95. The topological polar surface area (TPSA) is 54.6 Å². The fourth-order valence-electron chi connectivity index (χ4n) is 2.67. The van der Waals surface area contributed by atoms with E-state index in [4.69, 9.17) is 23.2 Å². The third-order valence-electron chi connectivity index (χ3n) is 3.60. The molecule has 0 radical (unpaired) electrons. The Balaban J connectivity index is 2.33. The molecule has 0 aliphatic rings. The van der Waals surface area contributed by atoms with Gasteiger partial charge in [0.1, 0.15) is 0 Å². The molecule has 3 rings (SSSR count). The van der Waals surface area contributed by atoms with Crippen molar-refractivity contribution in [2.24, 2.45) is 0 Å². The van der Waals surface area contributed by atoms with Crippen molar-refractivity contribution in [1.82, 2.24) is 9.38 Å². The van der Waals surface area contributed by atoms with E-state index in [1.165, 1.54) is 11.3 Å². The average molecular weight is 369 g/mol. The highest BCUT2D eigenvalue weighted by Gasteiger charge is 2.24. The molecule has 0 saturated carbocycles. The van der Waals surface area contributed by atoms with Crippen LogP contribution in [0.15, 0.2) is 18.2 Å². The number of aromatic nitrogens is 2. The minimum absolute atomic E-state index is 0.229. The predicted molar refractivity (Wildman–Crippen MR) is 94.2 cm³/mol. The van der Waals surface area contributed by atoms with E-state index in [0.717, 1.165) is 22.6 Å². The standard InChI is InChI=1S/C16H14Cl2N2O2S/c1-3-4-12-14(15(21)22)20-13(8(2)23-16(20)19-12)9-5-6-10(17)11(18)7-9/h5-7H,3-4H2,1-2H3,(H,21,22). The van der Waals surface area contributed by atoms with E-state index in [-0.39, 0.29) is 5.69 Å². The SMILES string of the molecule is CCCc1nc2sc(C)c(-c3ccc(Cl)c(Cl)c3)n2c1C(=O)O. The van der Waals surface area contributed by atoms with Crippen LogP contribution in [0.2, 0.25) is 10.0 Å². The Morgan fingerprint density at radius 2 is 2.09 bits per heavy atom. The van der Waals surface area contributed by atoms with Crippen molar-refractivity contribution in [3.8, 4) is 11.3 Å². The monoisotopic (exact) mass is 368 g/mol. The molecule has 0 amide bonds. The molecular weight excluding hydrogens is 355 g/mol. The number of hydrogen-bond donors (Lipinski definition) is 1. The van der Waals surface area contributed by atoms with E-state index in [9.17, 15) is 9.90 Å². The minimum Gasteiger partial charge on any atom is -0.477 e. The summed E-state index contributed by atoms with van der Waals surface area (Å²) in [5.74, 6) is -0.972. The van der Waals surface area contributed by atoms with Crippen molar-refractivity contribution in [2.75, 3.05) is 0 Å². The molecule has 0 saturated heterocycles. The highest BCUT2D eigenvalue weighted by atomic mass is 35.5. The second-order valence-corrected chi connectivity index (χ2v) is 7.21. The molecule has 0 aliphatic carbocycles. The van der Waals surface area contributed by atoms with Gasteiger partial charge in [0.25, 0.3) is 0 Å². The molecule has 0 aliphatic heterocycles. The van der Waals surface area contributed by atoms with Gasteiger partial charge >= 0.3 is 5.97 Å². The van der Waals surface area contributed by atoms with Crippen LogP contribution in [-0.2, 0) is 6.42 Å². The number of fused-ring (bicyclic) bond motifs is 1. The minimum atomic E-state index is -0.972. The third kappa shape index (κ3) is 2.73. The van der Waals surface area contributed by atoms with Crippen molar-refractivity contribution in [1.29, 1.82) is 0 Å². The number of carboxylic acids is 1. The number of imidazole rings is 1. The predicted octanol–water partition coefficient (Wildman–Crippen LogP) is 5.33. The number of nitrogens with zero attached hydrogens (tertiary/aromatic N) is 2. The number of aryl methyl sites for hydroxylation is 2. The molecule has 0 fully saturated rings. The molecule has 0 atom stereocenters. The van der Waals surface area contributed by atoms with Gasteiger partial charge in [-0.05, 0) is 25.5 Å². The Kier molecular flexibility index (Phi) is 4.36. The van der Waals surface area contributed by atoms with E-state index in [0.29, 0.717) is 27.1 Å². The highest BCUT2D eigenvalue weighted by molar-refractivity contribution is 7.17. The van der Waals surface area contributed by atoms with Crippen LogP contribution in [0.1, 0.15) is 34.4 Å². The zero-order chi connectivity index (χ0) is 16.7. The Labute approximate surface area is 147 Å². The van der Waals surface area contributed by atoms with Gasteiger partial charge < -0.3 is 5.11 Å². The van der Waals surface area contributed by atoms with E-state index in [2.05, 4.69) is 4.98 Å². The number of carboxylic acid groups (broad SMARTS) is 1. The van der Waals surface area contributed by atoms with Crippen LogP contribution < -0.4 is 0 Å². The summed E-state index contributed by atoms with van der Waals surface area (Å²) in [7, 11) is 0. The quantitative estimate of drug-likeness (QED) is 0.676. The third-order valence-corrected chi connectivity index (χ3v) is 5.30. The zero-order valence-corrected chi connectivity index (χ0v) is 14.9. The van der Waals surface area contributed by atoms with E-state index < -0.39 is 5.97 Å². The van der Waals surface area contributed by atoms with Crippen molar-refractivity contribution in [3.63, 3.8) is 0 Å². The van der Waals surface area contributed by atoms with Crippen molar-refractivity contribution in [2.45, 2.75) is 26.7 Å². The Bertz CT molecular complexity index is 915. The van der Waals surface area contributed by atoms with Gasteiger partial charge in [-0.3, -0.25) is 4.40 Å². The fraction of sp³-hybridized carbons (Fsp3) is 0.250. The van der Waals surface area contributed by atoms with Gasteiger partial charge in [0.2, 0.25) is 0 Å². The number of carbonyl (C=O) groups is 1. The molecule has 23 heavy (non-hydrogen) atoms. The van der Waals surface area contributed by atoms with Crippen molar-refractivity contribution < 1.29 is 9.90 Å². The summed E-state index contributed by atoms with van der Waals surface area (Å²) >= 11 is 13.6. The molecule has 120 valence electrons. The Morgan fingerprint density at radius 1 is 1.35 bits per heavy atom. The lowest BCUT2D eigenvalue weighted by molar-refractivity contribution is 0.0688. The van der Waals surface area contributed by atoms with Crippen LogP contribution in [0.4, 0.5) is 0 Å². The number of hydrogen-bond acceptors (Lipinski definition) is 3.